The SMILES string of the molecule is CCC/C=C/CC/C=C/CC/C=C/C(O)C(COP(=O)(O)OCC[N+](C)(C)C)NC(=O)CCCCCCCCCCCCCCC/C=C\CCCCCCCCCCCCCC. The Morgan fingerprint density at radius 2 is 0.919 bits per heavy atom. The highest BCUT2D eigenvalue weighted by Gasteiger charge is 2.27. The number of likely N-dealkylation sites (N-methyl/N-ethyl adjacent to an activating group) is 1. The molecule has 3 atom stereocenters. The lowest BCUT2D eigenvalue weighted by atomic mass is 10.0. The van der Waals surface area contributed by atoms with Crippen LogP contribution in [-0.4, -0.2) is 73.4 Å². The highest BCUT2D eigenvalue weighted by atomic mass is 31.2. The summed E-state index contributed by atoms with van der Waals surface area (Å²) in [7, 11) is 1.54. The summed E-state index contributed by atoms with van der Waals surface area (Å²) in [6.07, 6.45) is 58.0. The Labute approximate surface area is 384 Å². The van der Waals surface area contributed by atoms with Gasteiger partial charge in [0.1, 0.15) is 13.2 Å². The normalized spacial score (nSPS) is 14.5. The first kappa shape index (κ1) is 60.5. The zero-order chi connectivity index (χ0) is 45.7. The van der Waals surface area contributed by atoms with E-state index in [9.17, 15) is 19.4 Å². The van der Waals surface area contributed by atoms with E-state index in [1.807, 2.05) is 27.2 Å². The number of carbonyl (C=O) groups excluding carboxylic acids is 1. The largest absolute Gasteiger partial charge is 0.472 e. The molecule has 0 spiro atoms. The minimum absolute atomic E-state index is 0.0529. The minimum atomic E-state index is -4.35. The van der Waals surface area contributed by atoms with Gasteiger partial charge in [-0.3, -0.25) is 13.8 Å². The van der Waals surface area contributed by atoms with Gasteiger partial charge < -0.3 is 19.8 Å². The molecule has 0 aliphatic carbocycles. The van der Waals surface area contributed by atoms with Crippen molar-refractivity contribution in [3.05, 3.63) is 48.6 Å². The highest BCUT2D eigenvalue weighted by molar-refractivity contribution is 7.47. The van der Waals surface area contributed by atoms with Crippen molar-refractivity contribution in [2.45, 2.75) is 244 Å². The third-order valence-corrected chi connectivity index (χ3v) is 12.5. The van der Waals surface area contributed by atoms with Crippen molar-refractivity contribution in [1.82, 2.24) is 5.32 Å². The van der Waals surface area contributed by atoms with Crippen LogP contribution in [0.4, 0.5) is 0 Å². The van der Waals surface area contributed by atoms with Crippen molar-refractivity contribution in [3.8, 4) is 0 Å². The van der Waals surface area contributed by atoms with E-state index >= 15 is 0 Å². The zero-order valence-corrected chi connectivity index (χ0v) is 42.3. The summed E-state index contributed by atoms with van der Waals surface area (Å²) in [6, 6.07) is -0.868. The van der Waals surface area contributed by atoms with E-state index in [4.69, 9.17) is 9.05 Å². The molecule has 0 saturated heterocycles. The van der Waals surface area contributed by atoms with Gasteiger partial charge in [0.2, 0.25) is 5.91 Å². The van der Waals surface area contributed by atoms with Gasteiger partial charge in [0.25, 0.3) is 0 Å². The quantitative estimate of drug-likeness (QED) is 0.0243. The lowest BCUT2D eigenvalue weighted by molar-refractivity contribution is -0.870. The zero-order valence-electron chi connectivity index (χ0n) is 41.4. The van der Waals surface area contributed by atoms with Crippen LogP contribution in [0.15, 0.2) is 48.6 Å². The molecule has 3 N–H and O–H groups in total. The van der Waals surface area contributed by atoms with Crippen LogP contribution in [0.1, 0.15) is 232 Å². The second-order valence-electron chi connectivity index (χ2n) is 18.9. The Balaban J connectivity index is 4.09. The van der Waals surface area contributed by atoms with Crippen molar-refractivity contribution in [2.75, 3.05) is 40.9 Å². The first-order chi connectivity index (χ1) is 30.0. The summed E-state index contributed by atoms with van der Waals surface area (Å²) in [5.74, 6) is -0.192. The number of unbranched alkanes of at least 4 members (excludes halogenated alkanes) is 28. The molecule has 0 bridgehead atoms. The van der Waals surface area contributed by atoms with E-state index in [0.717, 1.165) is 51.4 Å². The molecule has 0 heterocycles. The number of allylic oxidation sites excluding steroid dienone is 7. The predicted octanol–water partition coefficient (Wildman–Crippen LogP) is 15.2. The number of aliphatic hydroxyl groups is 1. The molecule has 0 aromatic rings. The van der Waals surface area contributed by atoms with Crippen LogP contribution in [0.3, 0.4) is 0 Å². The molecule has 0 aliphatic rings. The molecule has 0 aliphatic heterocycles. The lowest BCUT2D eigenvalue weighted by Crippen LogP contribution is -2.45. The number of amides is 1. The fraction of sp³-hybridized carbons (Fsp3) is 0.830. The van der Waals surface area contributed by atoms with Gasteiger partial charge in [-0.15, -0.1) is 0 Å². The van der Waals surface area contributed by atoms with Crippen molar-refractivity contribution in [1.29, 1.82) is 0 Å². The Kier molecular flexibility index (Phi) is 43.5. The van der Waals surface area contributed by atoms with Gasteiger partial charge in [0, 0.05) is 6.42 Å². The molecule has 1 amide bonds. The second kappa shape index (κ2) is 44.7. The number of hydrogen-bond acceptors (Lipinski definition) is 5. The van der Waals surface area contributed by atoms with E-state index in [2.05, 4.69) is 55.6 Å². The van der Waals surface area contributed by atoms with Crippen LogP contribution < -0.4 is 5.32 Å². The molecule has 0 saturated carbocycles. The van der Waals surface area contributed by atoms with Gasteiger partial charge in [-0.2, -0.15) is 0 Å². The maximum absolute atomic E-state index is 12.9. The number of phosphoric ester groups is 1. The Morgan fingerprint density at radius 1 is 0.532 bits per heavy atom. The summed E-state index contributed by atoms with van der Waals surface area (Å²) in [6.45, 7) is 4.72. The number of hydrogen-bond donors (Lipinski definition) is 3. The number of aliphatic hydroxyl groups excluding tert-OH is 1. The molecule has 3 unspecified atom stereocenters. The van der Waals surface area contributed by atoms with E-state index in [-0.39, 0.29) is 19.1 Å². The number of quaternary nitrogens is 1. The van der Waals surface area contributed by atoms with E-state index < -0.39 is 20.0 Å². The van der Waals surface area contributed by atoms with Gasteiger partial charge in [-0.25, -0.2) is 4.57 Å². The van der Waals surface area contributed by atoms with Crippen LogP contribution in [0.5, 0.6) is 0 Å². The molecule has 0 fully saturated rings. The van der Waals surface area contributed by atoms with E-state index in [0.29, 0.717) is 17.4 Å². The number of phosphoric acid groups is 1. The summed E-state index contributed by atoms with van der Waals surface area (Å²) < 4.78 is 23.5. The standard InChI is InChI=1S/C53H101N2O6P/c1-6-8-10-12-14-16-18-19-20-21-22-23-24-25-26-27-28-29-30-31-32-33-34-35-37-39-41-43-45-47-53(57)54-51(50-61-62(58,59)60-49-48-55(3,4)5)52(56)46-44-42-40-38-36-17-15-13-11-9-7-2/h11,13,25-26,36,38,44,46,51-52,56H,6-10,12,14-24,27-35,37,39-43,45,47-50H2,1-5H3,(H-,54,57,58,59)/p+1/b13-11+,26-25-,38-36+,46-44+. The van der Waals surface area contributed by atoms with Crippen LogP contribution in [0.2, 0.25) is 0 Å². The van der Waals surface area contributed by atoms with Crippen molar-refractivity contribution >= 4 is 13.7 Å². The molecule has 364 valence electrons. The molecule has 0 rings (SSSR count). The lowest BCUT2D eigenvalue weighted by Gasteiger charge is -2.25. The van der Waals surface area contributed by atoms with Crippen LogP contribution >= 0.6 is 7.82 Å². The van der Waals surface area contributed by atoms with Gasteiger partial charge in [-0.1, -0.05) is 210 Å². The Morgan fingerprint density at radius 3 is 1.35 bits per heavy atom. The summed E-state index contributed by atoms with van der Waals surface area (Å²) in [5.41, 5.74) is 0. The molecular formula is C53H102N2O6P+. The third kappa shape index (κ3) is 46.5. The summed E-state index contributed by atoms with van der Waals surface area (Å²) in [5, 5.41) is 13.8. The van der Waals surface area contributed by atoms with Crippen LogP contribution in [-0.2, 0) is 18.4 Å². The molecule has 9 heteroatoms. The fourth-order valence-electron chi connectivity index (χ4n) is 7.37. The monoisotopic (exact) mass is 894 g/mol. The average Bonchev–Trinajstić information content (AvgIpc) is 3.23. The third-order valence-electron chi connectivity index (χ3n) is 11.5. The van der Waals surface area contributed by atoms with E-state index in [1.54, 1.807) is 6.08 Å². The van der Waals surface area contributed by atoms with Gasteiger partial charge >= 0.3 is 7.82 Å². The predicted molar refractivity (Wildman–Crippen MR) is 267 cm³/mol. The minimum Gasteiger partial charge on any atom is -0.387 e. The van der Waals surface area contributed by atoms with Crippen molar-refractivity contribution in [2.24, 2.45) is 0 Å². The molecule has 62 heavy (non-hydrogen) atoms. The first-order valence-corrected chi connectivity index (χ1v) is 27.5. The van der Waals surface area contributed by atoms with E-state index in [1.165, 1.54) is 161 Å². The Hall–Kier alpha value is -1.54. The second-order valence-corrected chi connectivity index (χ2v) is 20.3. The maximum atomic E-state index is 12.9. The number of nitrogens with zero attached hydrogens (tertiary/aromatic N) is 1. The van der Waals surface area contributed by atoms with Crippen molar-refractivity contribution in [3.63, 3.8) is 0 Å². The molecule has 0 aromatic carbocycles. The smallest absolute Gasteiger partial charge is 0.387 e. The van der Waals surface area contributed by atoms with Crippen LogP contribution in [0.25, 0.3) is 0 Å². The molecular weight excluding hydrogens is 792 g/mol. The van der Waals surface area contributed by atoms with Gasteiger partial charge in [0.05, 0.1) is 39.9 Å². The first-order valence-electron chi connectivity index (χ1n) is 26.0. The number of rotatable bonds is 47. The topological polar surface area (TPSA) is 105 Å². The average molecular weight is 894 g/mol. The number of carbonyl (C=O) groups is 1. The van der Waals surface area contributed by atoms with Crippen molar-refractivity contribution < 1.29 is 32.9 Å². The van der Waals surface area contributed by atoms with Gasteiger partial charge in [-0.05, 0) is 64.2 Å². The molecule has 0 aromatic heterocycles. The molecule has 8 nitrogen and oxygen atoms in total. The molecule has 0 radical (unpaired) electrons. The maximum Gasteiger partial charge on any atom is 0.472 e. The Bertz CT molecular complexity index is 1150. The van der Waals surface area contributed by atoms with Gasteiger partial charge in [0.15, 0.2) is 0 Å². The van der Waals surface area contributed by atoms with Crippen LogP contribution in [0, 0.1) is 0 Å². The highest BCUT2D eigenvalue weighted by Crippen LogP contribution is 2.43. The summed E-state index contributed by atoms with van der Waals surface area (Å²) in [4.78, 5) is 23.1. The fourth-order valence-corrected chi connectivity index (χ4v) is 8.11. The summed E-state index contributed by atoms with van der Waals surface area (Å²) >= 11 is 0. The number of nitrogens with one attached hydrogen (secondary N) is 1.